The van der Waals surface area contributed by atoms with Gasteiger partial charge in [-0.2, -0.15) is 0 Å². The van der Waals surface area contributed by atoms with Gasteiger partial charge in [0.05, 0.1) is 12.9 Å². The molecule has 0 bridgehead atoms. The van der Waals surface area contributed by atoms with Crippen molar-refractivity contribution >= 4 is 0 Å². The van der Waals surface area contributed by atoms with Crippen LogP contribution in [0.2, 0.25) is 0 Å². The van der Waals surface area contributed by atoms with Crippen LogP contribution in [0.4, 0.5) is 0 Å². The normalized spacial score (nSPS) is 13.2. The summed E-state index contributed by atoms with van der Waals surface area (Å²) in [5.74, 6) is 0.940. The van der Waals surface area contributed by atoms with Gasteiger partial charge in [-0.15, -0.1) is 0 Å². The van der Waals surface area contributed by atoms with Gasteiger partial charge in [0.25, 0.3) is 0 Å². The van der Waals surface area contributed by atoms with Gasteiger partial charge in [-0.1, -0.05) is 18.6 Å². The Kier molecular flexibility index (Phi) is 7.41. The second kappa shape index (κ2) is 7.87. The van der Waals surface area contributed by atoms with E-state index in [0.717, 1.165) is 25.0 Å². The lowest BCUT2D eigenvalue weighted by Crippen LogP contribution is -1.87. The quantitative estimate of drug-likeness (QED) is 0.508. The van der Waals surface area contributed by atoms with Crippen LogP contribution >= 0.6 is 0 Å². The molecule has 0 saturated carbocycles. The largest absolute Gasteiger partial charge is 0.502 e. The molecule has 0 rings (SSSR count). The first kappa shape index (κ1) is 12.2. The third-order valence-corrected chi connectivity index (χ3v) is 2.02. The van der Waals surface area contributed by atoms with Crippen molar-refractivity contribution in [1.82, 2.24) is 0 Å². The zero-order chi connectivity index (χ0) is 10.1. The van der Waals surface area contributed by atoms with Crippen molar-refractivity contribution in [3.63, 3.8) is 0 Å². The van der Waals surface area contributed by atoms with E-state index in [1.54, 1.807) is 7.11 Å². The molecule has 0 heterocycles. The first-order valence-corrected chi connectivity index (χ1v) is 4.74. The number of allylic oxidation sites excluding steroid dienone is 3. The van der Waals surface area contributed by atoms with Crippen molar-refractivity contribution in [2.75, 3.05) is 13.7 Å². The van der Waals surface area contributed by atoms with Crippen LogP contribution in [0.15, 0.2) is 23.5 Å². The molecular weight excluding hydrogens is 164 g/mol. The van der Waals surface area contributed by atoms with Crippen molar-refractivity contribution < 1.29 is 9.84 Å². The summed E-state index contributed by atoms with van der Waals surface area (Å²) in [6.45, 7) is 4.28. The topological polar surface area (TPSA) is 29.5 Å². The smallest absolute Gasteiger partial charge is 0.0887 e. The lowest BCUT2D eigenvalue weighted by molar-refractivity contribution is 0.292. The summed E-state index contributed by atoms with van der Waals surface area (Å²) in [7, 11) is 1.67. The average molecular weight is 184 g/mol. The molecule has 0 aromatic heterocycles. The highest BCUT2D eigenvalue weighted by Gasteiger charge is 1.91. The second-order valence-corrected chi connectivity index (χ2v) is 2.94. The monoisotopic (exact) mass is 184 g/mol. The van der Waals surface area contributed by atoms with E-state index < -0.39 is 0 Å². The predicted molar refractivity (Wildman–Crippen MR) is 55.5 cm³/mol. The predicted octanol–water partition coefficient (Wildman–Crippen LogP) is 2.65. The van der Waals surface area contributed by atoms with Gasteiger partial charge >= 0.3 is 0 Å². The Morgan fingerprint density at radius 1 is 1.38 bits per heavy atom. The molecule has 2 nitrogen and oxygen atoms in total. The number of ether oxygens (including phenoxy) is 1. The Labute approximate surface area is 80.9 Å². The Balaban J connectivity index is 3.92. The van der Waals surface area contributed by atoms with E-state index in [4.69, 9.17) is 9.84 Å². The zero-order valence-electron chi connectivity index (χ0n) is 8.84. The van der Waals surface area contributed by atoms with E-state index >= 15 is 0 Å². The summed E-state index contributed by atoms with van der Waals surface area (Å²) in [5, 5.41) is 8.74. The highest BCUT2D eigenvalue weighted by Crippen LogP contribution is 2.08. The van der Waals surface area contributed by atoms with E-state index in [2.05, 4.69) is 13.0 Å². The molecule has 2 heteroatoms. The van der Waals surface area contributed by atoms with Gasteiger partial charge in [-0.25, -0.2) is 0 Å². The van der Waals surface area contributed by atoms with Gasteiger partial charge in [0.1, 0.15) is 0 Å². The van der Waals surface area contributed by atoms with Crippen molar-refractivity contribution in [3.8, 4) is 0 Å². The van der Waals surface area contributed by atoms with Crippen LogP contribution in [0.25, 0.3) is 0 Å². The highest BCUT2D eigenvalue weighted by molar-refractivity contribution is 5.05. The maximum absolute atomic E-state index is 8.74. The summed E-state index contributed by atoms with van der Waals surface area (Å²) >= 11 is 0. The van der Waals surface area contributed by atoms with E-state index in [0.29, 0.717) is 0 Å². The standard InChI is InChI=1S/C11H20O2/c1-4-11(8-9-12)7-5-6-10(2)13-3/h6-7,12H,4-5,8-9H2,1-3H3/b10-6+,11-7+. The zero-order valence-corrected chi connectivity index (χ0v) is 8.84. The Morgan fingerprint density at radius 3 is 2.54 bits per heavy atom. The minimum atomic E-state index is 0.243. The third-order valence-electron chi connectivity index (χ3n) is 2.02. The van der Waals surface area contributed by atoms with Crippen molar-refractivity contribution in [1.29, 1.82) is 0 Å². The minimum absolute atomic E-state index is 0.243. The van der Waals surface area contributed by atoms with Gasteiger partial charge in [0.15, 0.2) is 0 Å². The van der Waals surface area contributed by atoms with Crippen molar-refractivity contribution in [2.24, 2.45) is 0 Å². The fourth-order valence-corrected chi connectivity index (χ4v) is 1.04. The molecule has 0 aliphatic carbocycles. The molecule has 0 aromatic carbocycles. The first-order valence-electron chi connectivity index (χ1n) is 4.74. The van der Waals surface area contributed by atoms with Crippen molar-refractivity contribution in [3.05, 3.63) is 23.5 Å². The molecule has 0 saturated heterocycles. The van der Waals surface area contributed by atoms with Crippen molar-refractivity contribution in [2.45, 2.75) is 33.1 Å². The molecule has 0 unspecified atom stereocenters. The van der Waals surface area contributed by atoms with Crippen LogP contribution < -0.4 is 0 Å². The fraction of sp³-hybridized carbons (Fsp3) is 0.636. The number of rotatable bonds is 6. The van der Waals surface area contributed by atoms with Gasteiger partial charge < -0.3 is 9.84 Å². The summed E-state index contributed by atoms with van der Waals surface area (Å²) in [5.41, 5.74) is 1.31. The van der Waals surface area contributed by atoms with Crippen LogP contribution in [0.3, 0.4) is 0 Å². The maximum atomic E-state index is 8.74. The third kappa shape index (κ3) is 6.41. The number of hydrogen-bond acceptors (Lipinski definition) is 2. The molecule has 0 aliphatic rings. The Bertz CT molecular complexity index is 181. The molecule has 0 aliphatic heterocycles. The van der Waals surface area contributed by atoms with Gasteiger partial charge in [0, 0.05) is 6.61 Å². The molecule has 0 amide bonds. The van der Waals surface area contributed by atoms with Crippen LogP contribution in [0.5, 0.6) is 0 Å². The SMILES string of the molecule is CC/C(=C\C/C=C(\C)OC)CCO. The number of methoxy groups -OCH3 is 1. The van der Waals surface area contributed by atoms with Crippen LogP contribution in [-0.4, -0.2) is 18.8 Å². The molecule has 0 fully saturated rings. The van der Waals surface area contributed by atoms with Gasteiger partial charge in [0.2, 0.25) is 0 Å². The van der Waals surface area contributed by atoms with Crippen LogP contribution in [0.1, 0.15) is 33.1 Å². The van der Waals surface area contributed by atoms with E-state index in [1.165, 1.54) is 5.57 Å². The molecular formula is C11H20O2. The average Bonchev–Trinajstić information content (AvgIpc) is 2.16. The minimum Gasteiger partial charge on any atom is -0.502 e. The second-order valence-electron chi connectivity index (χ2n) is 2.94. The van der Waals surface area contributed by atoms with E-state index in [9.17, 15) is 0 Å². The summed E-state index contributed by atoms with van der Waals surface area (Å²) in [6.07, 6.45) is 6.88. The number of aliphatic hydroxyl groups is 1. The van der Waals surface area contributed by atoms with E-state index in [-0.39, 0.29) is 6.61 Å². The maximum Gasteiger partial charge on any atom is 0.0887 e. The first-order chi connectivity index (χ1) is 6.24. The molecule has 0 radical (unpaired) electrons. The molecule has 76 valence electrons. The Hall–Kier alpha value is -0.760. The lowest BCUT2D eigenvalue weighted by atomic mass is 10.1. The fourth-order valence-electron chi connectivity index (χ4n) is 1.04. The number of aliphatic hydroxyl groups excluding tert-OH is 1. The number of hydrogen-bond donors (Lipinski definition) is 1. The molecule has 0 atom stereocenters. The van der Waals surface area contributed by atoms with Gasteiger partial charge in [-0.3, -0.25) is 0 Å². The summed E-state index contributed by atoms with van der Waals surface area (Å²) in [6, 6.07) is 0. The Morgan fingerprint density at radius 2 is 2.08 bits per heavy atom. The molecule has 0 aromatic rings. The highest BCUT2D eigenvalue weighted by atomic mass is 16.5. The lowest BCUT2D eigenvalue weighted by Gasteiger charge is -2.01. The molecule has 1 N–H and O–H groups in total. The van der Waals surface area contributed by atoms with E-state index in [1.807, 2.05) is 13.0 Å². The van der Waals surface area contributed by atoms with Crippen LogP contribution in [-0.2, 0) is 4.74 Å². The molecule has 13 heavy (non-hydrogen) atoms. The summed E-state index contributed by atoms with van der Waals surface area (Å²) in [4.78, 5) is 0. The van der Waals surface area contributed by atoms with Crippen LogP contribution in [0, 0.1) is 0 Å². The van der Waals surface area contributed by atoms with Gasteiger partial charge in [-0.05, 0) is 32.3 Å². The summed E-state index contributed by atoms with van der Waals surface area (Å²) < 4.78 is 5.01. The molecule has 0 spiro atoms.